The van der Waals surface area contributed by atoms with Crippen LogP contribution < -0.4 is 0 Å². The van der Waals surface area contributed by atoms with Gasteiger partial charge in [-0.25, -0.2) is 14.5 Å². The van der Waals surface area contributed by atoms with E-state index in [0.29, 0.717) is 19.5 Å². The zero-order chi connectivity index (χ0) is 37.5. The second kappa shape index (κ2) is 16.3. The van der Waals surface area contributed by atoms with E-state index >= 15 is 0 Å². The number of unbranched alkanes of at least 4 members (excludes halogenated alkanes) is 1. The zero-order valence-electron chi connectivity index (χ0n) is 31.5. The van der Waals surface area contributed by atoms with Crippen LogP contribution in [0.2, 0.25) is 0 Å². The SMILES string of the molecule is CCOP1(=O)CCN(Cc2ccc(O)cc2-c2ccccc2)CC1(CCCCN(C(=O)OC(C)(C)C)C(=O)OC(C)(C)C)C(=O)OC(C)(C)C. The van der Waals surface area contributed by atoms with Crippen LogP contribution in [0.5, 0.6) is 5.75 Å². The number of hydrogen-bond donors (Lipinski definition) is 1. The summed E-state index contributed by atoms with van der Waals surface area (Å²) in [5, 5.41) is 8.83. The van der Waals surface area contributed by atoms with E-state index in [-0.39, 0.29) is 44.4 Å². The Morgan fingerprint density at radius 1 is 0.860 bits per heavy atom. The topological polar surface area (TPSA) is 132 Å². The van der Waals surface area contributed by atoms with Crippen LogP contribution in [-0.4, -0.2) is 87.4 Å². The molecule has 0 saturated carbocycles. The van der Waals surface area contributed by atoms with Gasteiger partial charge in [0.1, 0.15) is 22.6 Å². The molecule has 0 aliphatic carbocycles. The first-order valence-electron chi connectivity index (χ1n) is 17.4. The highest BCUT2D eigenvalue weighted by Gasteiger charge is 2.59. The number of aromatic hydroxyl groups is 1. The monoisotopic (exact) mass is 716 g/mol. The van der Waals surface area contributed by atoms with E-state index in [1.807, 2.05) is 36.4 Å². The number of phenols is 1. The molecule has 1 aliphatic rings. The Kier molecular flexibility index (Phi) is 13.4. The number of benzene rings is 2. The molecule has 0 spiro atoms. The number of phenolic OH excluding ortho intramolecular Hbond substituents is 1. The first-order valence-corrected chi connectivity index (χ1v) is 19.2. The number of ether oxygens (including phenoxy) is 3. The minimum atomic E-state index is -3.63. The second-order valence-corrected chi connectivity index (χ2v) is 18.7. The Labute approximate surface area is 298 Å². The fourth-order valence-corrected chi connectivity index (χ4v) is 8.92. The Hall–Kier alpha value is -3.40. The summed E-state index contributed by atoms with van der Waals surface area (Å²) in [6.45, 7) is 18.4. The van der Waals surface area contributed by atoms with Crippen molar-refractivity contribution >= 4 is 25.5 Å². The van der Waals surface area contributed by atoms with Crippen LogP contribution in [0.1, 0.15) is 94.1 Å². The van der Waals surface area contributed by atoms with Gasteiger partial charge < -0.3 is 23.8 Å². The highest BCUT2D eigenvalue weighted by atomic mass is 31.2. The van der Waals surface area contributed by atoms with E-state index in [1.165, 1.54) is 0 Å². The van der Waals surface area contributed by atoms with Gasteiger partial charge in [-0.1, -0.05) is 36.4 Å². The molecule has 1 N–H and O–H groups in total. The third-order valence-corrected chi connectivity index (χ3v) is 11.3. The van der Waals surface area contributed by atoms with Crippen molar-refractivity contribution in [1.82, 2.24) is 9.80 Å². The van der Waals surface area contributed by atoms with Gasteiger partial charge in [-0.05, 0) is 117 Å². The van der Waals surface area contributed by atoms with Crippen LogP contribution in [0.25, 0.3) is 11.1 Å². The van der Waals surface area contributed by atoms with Crippen LogP contribution >= 0.6 is 7.37 Å². The first kappa shape index (κ1) is 41.0. The van der Waals surface area contributed by atoms with Crippen molar-refractivity contribution in [1.29, 1.82) is 0 Å². The van der Waals surface area contributed by atoms with E-state index in [4.69, 9.17) is 18.7 Å². The van der Waals surface area contributed by atoms with Crippen molar-refractivity contribution in [2.24, 2.45) is 0 Å². The average molecular weight is 717 g/mol. The Bertz CT molecular complexity index is 1500. The van der Waals surface area contributed by atoms with Gasteiger partial charge in [0.05, 0.1) is 6.61 Å². The van der Waals surface area contributed by atoms with E-state index in [2.05, 4.69) is 4.90 Å². The molecule has 0 bridgehead atoms. The third-order valence-electron chi connectivity index (χ3n) is 7.99. The average Bonchev–Trinajstić information content (AvgIpc) is 2.97. The van der Waals surface area contributed by atoms with Gasteiger partial charge in [-0.2, -0.15) is 0 Å². The molecule has 278 valence electrons. The van der Waals surface area contributed by atoms with Crippen molar-refractivity contribution in [2.45, 2.75) is 117 Å². The van der Waals surface area contributed by atoms with Crippen LogP contribution in [0.4, 0.5) is 9.59 Å². The number of amides is 2. The summed E-state index contributed by atoms with van der Waals surface area (Å²) in [4.78, 5) is 43.6. The molecule has 3 rings (SSSR count). The van der Waals surface area contributed by atoms with Crippen molar-refractivity contribution < 1.29 is 42.8 Å². The predicted molar refractivity (Wildman–Crippen MR) is 195 cm³/mol. The second-order valence-electron chi connectivity index (χ2n) is 15.8. The molecule has 1 heterocycles. The highest BCUT2D eigenvalue weighted by molar-refractivity contribution is 7.62. The molecule has 2 amide bonds. The lowest BCUT2D eigenvalue weighted by Gasteiger charge is -2.46. The first-order chi connectivity index (χ1) is 23.1. The Morgan fingerprint density at radius 2 is 1.44 bits per heavy atom. The van der Waals surface area contributed by atoms with Crippen molar-refractivity contribution in [3.63, 3.8) is 0 Å². The van der Waals surface area contributed by atoms with Gasteiger partial charge in [0.15, 0.2) is 5.16 Å². The summed E-state index contributed by atoms with van der Waals surface area (Å²) >= 11 is 0. The van der Waals surface area contributed by atoms with Crippen LogP contribution in [0.15, 0.2) is 48.5 Å². The molecular weight excluding hydrogens is 659 g/mol. The molecule has 2 aromatic carbocycles. The van der Waals surface area contributed by atoms with E-state index in [0.717, 1.165) is 21.6 Å². The van der Waals surface area contributed by atoms with Gasteiger partial charge in [0.2, 0.25) is 7.37 Å². The smallest absolute Gasteiger partial charge is 0.419 e. The Morgan fingerprint density at radius 3 is 1.98 bits per heavy atom. The quantitative estimate of drug-likeness (QED) is 0.104. The van der Waals surface area contributed by atoms with Gasteiger partial charge in [-0.15, -0.1) is 0 Å². The lowest BCUT2D eigenvalue weighted by atomic mass is 9.96. The summed E-state index contributed by atoms with van der Waals surface area (Å²) in [7, 11) is -3.63. The summed E-state index contributed by atoms with van der Waals surface area (Å²) < 4.78 is 37.9. The summed E-state index contributed by atoms with van der Waals surface area (Å²) in [5.74, 6) is -0.460. The molecular formula is C38H57N2O9P. The third kappa shape index (κ3) is 11.3. The van der Waals surface area contributed by atoms with Gasteiger partial charge in [0.25, 0.3) is 0 Å². The molecule has 2 atom stereocenters. The van der Waals surface area contributed by atoms with Gasteiger partial charge >= 0.3 is 18.2 Å². The largest absolute Gasteiger partial charge is 0.508 e. The molecule has 1 aliphatic heterocycles. The number of imide groups is 1. The molecule has 12 heteroatoms. The number of carbonyl (C=O) groups excluding carboxylic acids is 3. The predicted octanol–water partition coefficient (Wildman–Crippen LogP) is 8.61. The van der Waals surface area contributed by atoms with Gasteiger partial charge in [-0.3, -0.25) is 14.3 Å². The molecule has 0 aromatic heterocycles. The maximum atomic E-state index is 14.9. The number of nitrogens with zero attached hydrogens (tertiary/aromatic N) is 2. The van der Waals surface area contributed by atoms with Crippen LogP contribution in [-0.2, 0) is 34.6 Å². The number of carbonyl (C=O) groups is 3. The fraction of sp³-hybridized carbons (Fsp3) is 0.605. The standard InChI is InChI=1S/C38H57N2O9P/c1-11-46-50(45)24-23-39(26-29-19-20-30(41)25-31(29)28-17-13-12-14-18-28)27-38(50,32(42)47-35(2,3)4)21-15-16-22-40(33(43)48-36(5,6)7)34(44)49-37(8,9)10/h12-14,17-20,25,41H,11,15-16,21-24,26-27H2,1-10H3. The van der Waals surface area contributed by atoms with Crippen molar-refractivity contribution in [3.8, 4) is 16.9 Å². The van der Waals surface area contributed by atoms with Crippen LogP contribution in [0.3, 0.4) is 0 Å². The molecule has 2 unspecified atom stereocenters. The molecule has 1 fully saturated rings. The maximum Gasteiger partial charge on any atom is 0.419 e. The summed E-state index contributed by atoms with van der Waals surface area (Å²) in [6.07, 6.45) is -0.791. The molecule has 50 heavy (non-hydrogen) atoms. The number of rotatable bonds is 11. The molecule has 1 saturated heterocycles. The molecule has 2 aromatic rings. The minimum absolute atomic E-state index is 0.0369. The summed E-state index contributed by atoms with van der Waals surface area (Å²) in [6, 6.07) is 15.0. The van der Waals surface area contributed by atoms with Crippen LogP contribution in [0, 0.1) is 0 Å². The van der Waals surface area contributed by atoms with Gasteiger partial charge in [0, 0.05) is 32.3 Å². The van der Waals surface area contributed by atoms with Crippen molar-refractivity contribution in [3.05, 3.63) is 54.1 Å². The highest BCUT2D eigenvalue weighted by Crippen LogP contribution is 2.64. The lowest BCUT2D eigenvalue weighted by molar-refractivity contribution is -0.160. The van der Waals surface area contributed by atoms with E-state index < -0.39 is 47.5 Å². The molecule has 0 radical (unpaired) electrons. The number of esters is 1. The fourth-order valence-electron chi connectivity index (χ4n) is 5.91. The van der Waals surface area contributed by atoms with E-state index in [9.17, 15) is 24.1 Å². The zero-order valence-corrected chi connectivity index (χ0v) is 32.4. The van der Waals surface area contributed by atoms with Crippen molar-refractivity contribution in [2.75, 3.05) is 32.4 Å². The van der Waals surface area contributed by atoms with E-state index in [1.54, 1.807) is 81.4 Å². The Balaban J connectivity index is 1.96. The summed E-state index contributed by atoms with van der Waals surface area (Å²) in [5.41, 5.74) is 0.193. The maximum absolute atomic E-state index is 14.9. The molecule has 11 nitrogen and oxygen atoms in total. The normalized spacial score (nSPS) is 20.2. The lowest BCUT2D eigenvalue weighted by Crippen LogP contribution is -2.56. The minimum Gasteiger partial charge on any atom is -0.508 e. The number of hydrogen-bond acceptors (Lipinski definition) is 10.